The molecule has 1 aromatic carbocycles. The molecule has 1 N–H and O–H groups in total. The molecule has 0 atom stereocenters. The van der Waals surface area contributed by atoms with E-state index < -0.39 is 27.3 Å². The molecule has 0 unspecified atom stereocenters. The molecular formula is C19H19FN4O5S2. The molecule has 1 amide bonds. The molecule has 0 spiro atoms. The molecule has 1 saturated heterocycles. The molecule has 3 aromatic rings. The molecule has 12 heteroatoms. The summed E-state index contributed by atoms with van der Waals surface area (Å²) in [5, 5.41) is 2.75. The van der Waals surface area contributed by atoms with Crippen molar-refractivity contribution in [1.29, 1.82) is 0 Å². The van der Waals surface area contributed by atoms with Crippen molar-refractivity contribution < 1.29 is 22.3 Å². The molecule has 164 valence electrons. The highest BCUT2D eigenvalue weighted by atomic mass is 32.2. The van der Waals surface area contributed by atoms with Crippen LogP contribution in [-0.4, -0.2) is 54.5 Å². The summed E-state index contributed by atoms with van der Waals surface area (Å²) in [7, 11) is -3.58. The monoisotopic (exact) mass is 466 g/mol. The Morgan fingerprint density at radius 1 is 1.23 bits per heavy atom. The fourth-order valence-electron chi connectivity index (χ4n) is 3.15. The van der Waals surface area contributed by atoms with Gasteiger partial charge in [-0.1, -0.05) is 0 Å². The van der Waals surface area contributed by atoms with E-state index in [2.05, 4.69) is 10.3 Å². The lowest BCUT2D eigenvalue weighted by atomic mass is 10.2. The van der Waals surface area contributed by atoms with Gasteiger partial charge in [-0.25, -0.2) is 17.8 Å². The highest BCUT2D eigenvalue weighted by molar-refractivity contribution is 7.91. The fraction of sp³-hybridized carbons (Fsp3) is 0.316. The fourth-order valence-corrected chi connectivity index (χ4v) is 6.00. The van der Waals surface area contributed by atoms with E-state index in [0.717, 1.165) is 22.0 Å². The number of hydrogen-bond donors (Lipinski definition) is 1. The zero-order valence-electron chi connectivity index (χ0n) is 16.3. The Labute approximate surface area is 181 Å². The summed E-state index contributed by atoms with van der Waals surface area (Å²) < 4.78 is 46.6. The van der Waals surface area contributed by atoms with Crippen LogP contribution < -0.4 is 10.9 Å². The van der Waals surface area contributed by atoms with E-state index in [1.54, 1.807) is 6.07 Å². The first kappa shape index (κ1) is 21.6. The number of sulfonamides is 1. The Kier molecular flexibility index (Phi) is 6.14. The predicted octanol–water partition coefficient (Wildman–Crippen LogP) is 0.934. The van der Waals surface area contributed by atoms with Gasteiger partial charge < -0.3 is 10.1 Å². The number of hydrogen-bond acceptors (Lipinski definition) is 7. The van der Waals surface area contributed by atoms with Gasteiger partial charge in [0, 0.05) is 18.0 Å². The molecule has 2 aromatic heterocycles. The number of benzene rings is 1. The first-order chi connectivity index (χ1) is 14.8. The number of fused-ring (bicyclic) bond motifs is 1. The Morgan fingerprint density at radius 3 is 2.77 bits per heavy atom. The number of carbonyl (C=O) groups excluding carboxylic acids is 1. The van der Waals surface area contributed by atoms with Crippen molar-refractivity contribution in [3.05, 3.63) is 57.7 Å². The number of nitrogens with zero attached hydrogens (tertiary/aromatic N) is 3. The third kappa shape index (κ3) is 4.66. The van der Waals surface area contributed by atoms with Gasteiger partial charge in [-0.05, 0) is 30.3 Å². The van der Waals surface area contributed by atoms with Gasteiger partial charge in [0.25, 0.3) is 15.6 Å². The van der Waals surface area contributed by atoms with E-state index in [9.17, 15) is 22.4 Å². The Bertz CT molecular complexity index is 1280. The third-order valence-electron chi connectivity index (χ3n) is 4.76. The number of rotatable bonds is 6. The smallest absolute Gasteiger partial charge is 0.261 e. The minimum absolute atomic E-state index is 0.0894. The number of morpholine rings is 1. The van der Waals surface area contributed by atoms with Crippen molar-refractivity contribution in [2.24, 2.45) is 0 Å². The van der Waals surface area contributed by atoms with Crippen LogP contribution in [0.5, 0.6) is 0 Å². The van der Waals surface area contributed by atoms with Crippen LogP contribution in [0.1, 0.15) is 4.88 Å². The lowest BCUT2D eigenvalue weighted by Gasteiger charge is -2.25. The van der Waals surface area contributed by atoms with Crippen LogP contribution in [-0.2, 0) is 32.6 Å². The summed E-state index contributed by atoms with van der Waals surface area (Å²) in [5.41, 5.74) is -0.176. The summed E-state index contributed by atoms with van der Waals surface area (Å²) in [5.74, 6) is -1.01. The van der Waals surface area contributed by atoms with Gasteiger partial charge >= 0.3 is 0 Å². The van der Waals surface area contributed by atoms with Crippen molar-refractivity contribution in [2.45, 2.75) is 17.3 Å². The standard InChI is InChI=1S/C19H19FN4O5S2/c20-13-1-3-16-15(9-13)19(26)23(12-22-16)11-17(25)21-10-14-2-4-18(30-14)31(27,28)24-5-7-29-8-6-24/h1-4,9,12H,5-8,10-11H2,(H,21,25). The second-order valence-electron chi connectivity index (χ2n) is 6.85. The van der Waals surface area contributed by atoms with Crippen molar-refractivity contribution in [3.8, 4) is 0 Å². The quantitative estimate of drug-likeness (QED) is 0.579. The summed E-state index contributed by atoms with van der Waals surface area (Å²) in [4.78, 5) is 29.5. The first-order valence-electron chi connectivity index (χ1n) is 9.42. The molecule has 0 bridgehead atoms. The molecule has 1 aliphatic heterocycles. The maximum atomic E-state index is 13.4. The van der Waals surface area contributed by atoms with Crippen molar-refractivity contribution in [1.82, 2.24) is 19.2 Å². The SMILES string of the molecule is O=C(Cn1cnc2ccc(F)cc2c1=O)NCc1ccc(S(=O)(=O)N2CCOCC2)s1. The van der Waals surface area contributed by atoms with E-state index in [-0.39, 0.29) is 22.7 Å². The average Bonchev–Trinajstić information content (AvgIpc) is 3.25. The molecule has 3 heterocycles. The number of amides is 1. The molecule has 0 radical (unpaired) electrons. The molecule has 9 nitrogen and oxygen atoms in total. The summed E-state index contributed by atoms with van der Waals surface area (Å²) in [6.07, 6.45) is 1.24. The topological polar surface area (TPSA) is 111 Å². The highest BCUT2D eigenvalue weighted by Crippen LogP contribution is 2.25. The Morgan fingerprint density at radius 2 is 2.00 bits per heavy atom. The first-order valence-corrected chi connectivity index (χ1v) is 11.7. The zero-order chi connectivity index (χ0) is 22.0. The molecule has 1 aliphatic rings. The average molecular weight is 467 g/mol. The van der Waals surface area contributed by atoms with Gasteiger partial charge in [0.2, 0.25) is 5.91 Å². The Balaban J connectivity index is 1.40. The normalized spacial score (nSPS) is 15.3. The van der Waals surface area contributed by atoms with Gasteiger partial charge in [-0.15, -0.1) is 11.3 Å². The van der Waals surface area contributed by atoms with Gasteiger partial charge in [-0.3, -0.25) is 14.2 Å². The van der Waals surface area contributed by atoms with E-state index in [0.29, 0.717) is 36.7 Å². The second kappa shape index (κ2) is 8.83. The van der Waals surface area contributed by atoms with Crippen LogP contribution >= 0.6 is 11.3 Å². The molecular weight excluding hydrogens is 447 g/mol. The van der Waals surface area contributed by atoms with E-state index >= 15 is 0 Å². The zero-order valence-corrected chi connectivity index (χ0v) is 17.9. The largest absolute Gasteiger partial charge is 0.379 e. The van der Waals surface area contributed by atoms with Crippen LogP contribution in [0.3, 0.4) is 0 Å². The van der Waals surface area contributed by atoms with Crippen LogP contribution in [0.2, 0.25) is 0 Å². The van der Waals surface area contributed by atoms with Crippen molar-refractivity contribution in [3.63, 3.8) is 0 Å². The third-order valence-corrected chi connectivity index (χ3v) is 8.21. The molecule has 0 saturated carbocycles. The van der Waals surface area contributed by atoms with E-state index in [1.807, 2.05) is 0 Å². The van der Waals surface area contributed by atoms with E-state index in [4.69, 9.17) is 4.74 Å². The molecule has 31 heavy (non-hydrogen) atoms. The number of thiophene rings is 1. The van der Waals surface area contributed by atoms with Gasteiger partial charge in [0.05, 0.1) is 37.0 Å². The van der Waals surface area contributed by atoms with Gasteiger partial charge in [0.1, 0.15) is 16.6 Å². The minimum Gasteiger partial charge on any atom is -0.379 e. The summed E-state index contributed by atoms with van der Waals surface area (Å²) in [6, 6.07) is 6.85. The number of nitrogens with one attached hydrogen (secondary N) is 1. The van der Waals surface area contributed by atoms with Gasteiger partial charge in [-0.2, -0.15) is 4.31 Å². The van der Waals surface area contributed by atoms with Crippen LogP contribution in [0.4, 0.5) is 4.39 Å². The molecule has 1 fully saturated rings. The summed E-state index contributed by atoms with van der Waals surface area (Å²) >= 11 is 1.08. The van der Waals surface area contributed by atoms with Crippen LogP contribution in [0.25, 0.3) is 10.9 Å². The summed E-state index contributed by atoms with van der Waals surface area (Å²) in [6.45, 7) is 1.18. The highest BCUT2D eigenvalue weighted by Gasteiger charge is 2.27. The second-order valence-corrected chi connectivity index (χ2v) is 10.2. The van der Waals surface area contributed by atoms with Gasteiger partial charge in [0.15, 0.2) is 0 Å². The maximum Gasteiger partial charge on any atom is 0.261 e. The number of ether oxygens (including phenoxy) is 1. The van der Waals surface area contributed by atoms with Crippen molar-refractivity contribution in [2.75, 3.05) is 26.3 Å². The van der Waals surface area contributed by atoms with Crippen LogP contribution in [0, 0.1) is 5.82 Å². The number of aromatic nitrogens is 2. The lowest BCUT2D eigenvalue weighted by molar-refractivity contribution is -0.121. The molecule has 0 aliphatic carbocycles. The lowest BCUT2D eigenvalue weighted by Crippen LogP contribution is -2.40. The Hall–Kier alpha value is -2.67. The number of carbonyl (C=O) groups is 1. The van der Waals surface area contributed by atoms with E-state index in [1.165, 1.54) is 28.8 Å². The molecule has 4 rings (SSSR count). The predicted molar refractivity (Wildman–Crippen MR) is 112 cm³/mol. The van der Waals surface area contributed by atoms with Crippen LogP contribution in [0.15, 0.2) is 45.7 Å². The van der Waals surface area contributed by atoms with Crippen molar-refractivity contribution >= 4 is 38.2 Å². The number of halogens is 1. The minimum atomic E-state index is -3.58. The maximum absolute atomic E-state index is 13.4.